The van der Waals surface area contributed by atoms with E-state index in [4.69, 9.17) is 5.73 Å². The number of hydrogen-bond donors (Lipinski definition) is 1. The van der Waals surface area contributed by atoms with Crippen molar-refractivity contribution in [2.75, 3.05) is 25.4 Å². The molecule has 1 aromatic heterocycles. The molecule has 6 nitrogen and oxygen atoms in total. The summed E-state index contributed by atoms with van der Waals surface area (Å²) in [7, 11) is 0. The summed E-state index contributed by atoms with van der Waals surface area (Å²) in [6, 6.07) is 3.51. The lowest BCUT2D eigenvalue weighted by Gasteiger charge is -2.37. The second-order valence-electron chi connectivity index (χ2n) is 5.71. The maximum atomic E-state index is 12.5. The van der Waals surface area contributed by atoms with Crippen molar-refractivity contribution in [1.82, 2.24) is 14.8 Å². The third kappa shape index (κ3) is 2.84. The number of pyridine rings is 1. The number of carbonyl (C=O) groups excluding carboxylic acids is 2. The van der Waals surface area contributed by atoms with Gasteiger partial charge in [-0.05, 0) is 31.4 Å². The van der Waals surface area contributed by atoms with Gasteiger partial charge in [0.2, 0.25) is 5.91 Å². The van der Waals surface area contributed by atoms with Crippen LogP contribution in [0.3, 0.4) is 0 Å². The number of carbonyl (C=O) groups is 2. The maximum absolute atomic E-state index is 12.5. The van der Waals surface area contributed by atoms with Crippen LogP contribution in [0.5, 0.6) is 0 Å². The standard InChI is InChI=1S/C15H20N4O2/c16-13-6-5-11(9-17-13)15(21)18-7-1-3-12(10-18)19-8-2-4-14(19)20/h5-6,9,12H,1-4,7-8,10H2,(H2,16,17)/t12-/m0/s1. The number of piperidine rings is 1. The van der Waals surface area contributed by atoms with Crippen LogP contribution in [0.2, 0.25) is 0 Å². The fraction of sp³-hybridized carbons (Fsp3) is 0.533. The highest BCUT2D eigenvalue weighted by atomic mass is 16.2. The zero-order chi connectivity index (χ0) is 14.8. The van der Waals surface area contributed by atoms with Crippen LogP contribution in [0.15, 0.2) is 18.3 Å². The van der Waals surface area contributed by atoms with Gasteiger partial charge in [0, 0.05) is 38.3 Å². The summed E-state index contributed by atoms with van der Waals surface area (Å²) in [4.78, 5) is 32.1. The largest absolute Gasteiger partial charge is 0.384 e. The third-order valence-corrected chi connectivity index (χ3v) is 4.27. The van der Waals surface area contributed by atoms with Gasteiger partial charge in [-0.25, -0.2) is 4.98 Å². The second-order valence-corrected chi connectivity index (χ2v) is 5.71. The number of likely N-dealkylation sites (tertiary alicyclic amines) is 2. The van der Waals surface area contributed by atoms with Gasteiger partial charge in [0.15, 0.2) is 0 Å². The zero-order valence-electron chi connectivity index (χ0n) is 12.0. The van der Waals surface area contributed by atoms with Crippen LogP contribution in [0.1, 0.15) is 36.0 Å². The minimum atomic E-state index is -0.0288. The van der Waals surface area contributed by atoms with Crippen LogP contribution in [-0.2, 0) is 4.79 Å². The van der Waals surface area contributed by atoms with Crippen LogP contribution in [0, 0.1) is 0 Å². The van der Waals surface area contributed by atoms with E-state index in [1.807, 2.05) is 9.80 Å². The van der Waals surface area contributed by atoms with Gasteiger partial charge in [0.25, 0.3) is 5.91 Å². The Morgan fingerprint density at radius 3 is 2.81 bits per heavy atom. The first-order chi connectivity index (χ1) is 10.1. The van der Waals surface area contributed by atoms with Gasteiger partial charge in [0.05, 0.1) is 5.56 Å². The van der Waals surface area contributed by atoms with Gasteiger partial charge < -0.3 is 15.5 Å². The molecule has 0 aromatic carbocycles. The van der Waals surface area contributed by atoms with E-state index in [0.717, 1.165) is 32.4 Å². The number of hydrogen-bond acceptors (Lipinski definition) is 4. The summed E-state index contributed by atoms with van der Waals surface area (Å²) in [6.07, 6.45) is 5.01. The summed E-state index contributed by atoms with van der Waals surface area (Å²) in [5.41, 5.74) is 6.10. The third-order valence-electron chi connectivity index (χ3n) is 4.27. The topological polar surface area (TPSA) is 79.5 Å². The zero-order valence-corrected chi connectivity index (χ0v) is 12.0. The molecule has 21 heavy (non-hydrogen) atoms. The maximum Gasteiger partial charge on any atom is 0.255 e. The van der Waals surface area contributed by atoms with Gasteiger partial charge in [-0.1, -0.05) is 0 Å². The van der Waals surface area contributed by atoms with Crippen molar-refractivity contribution < 1.29 is 9.59 Å². The van der Waals surface area contributed by atoms with E-state index in [1.165, 1.54) is 6.20 Å². The minimum Gasteiger partial charge on any atom is -0.384 e. The van der Waals surface area contributed by atoms with E-state index >= 15 is 0 Å². The molecule has 2 aliphatic rings. The van der Waals surface area contributed by atoms with Gasteiger partial charge in [-0.15, -0.1) is 0 Å². The summed E-state index contributed by atoms with van der Waals surface area (Å²) in [5, 5.41) is 0. The van der Waals surface area contributed by atoms with Crippen LogP contribution < -0.4 is 5.73 Å². The van der Waals surface area contributed by atoms with Gasteiger partial charge in [-0.3, -0.25) is 9.59 Å². The Labute approximate surface area is 123 Å². The molecule has 2 amide bonds. The smallest absolute Gasteiger partial charge is 0.255 e. The minimum absolute atomic E-state index is 0.0288. The Balaban J connectivity index is 1.69. The van der Waals surface area contributed by atoms with E-state index in [9.17, 15) is 9.59 Å². The second kappa shape index (κ2) is 5.71. The first-order valence-electron chi connectivity index (χ1n) is 7.45. The average Bonchev–Trinajstić information content (AvgIpc) is 2.94. The Bertz CT molecular complexity index is 543. The number of rotatable bonds is 2. The van der Waals surface area contributed by atoms with E-state index in [0.29, 0.717) is 24.3 Å². The van der Waals surface area contributed by atoms with Crippen molar-refractivity contribution in [3.05, 3.63) is 23.9 Å². The first kappa shape index (κ1) is 13.9. The molecule has 0 bridgehead atoms. The molecule has 112 valence electrons. The van der Waals surface area contributed by atoms with Gasteiger partial charge >= 0.3 is 0 Å². The van der Waals surface area contributed by atoms with E-state index in [-0.39, 0.29) is 17.9 Å². The van der Waals surface area contributed by atoms with Crippen molar-refractivity contribution in [3.63, 3.8) is 0 Å². The normalized spacial score (nSPS) is 22.7. The van der Waals surface area contributed by atoms with Crippen LogP contribution in [0.25, 0.3) is 0 Å². The number of nitrogen functional groups attached to an aromatic ring is 1. The summed E-state index contributed by atoms with van der Waals surface area (Å²) < 4.78 is 0. The predicted molar refractivity (Wildman–Crippen MR) is 78.5 cm³/mol. The lowest BCUT2D eigenvalue weighted by Crippen LogP contribution is -2.50. The molecule has 2 aliphatic heterocycles. The van der Waals surface area contributed by atoms with Crippen molar-refractivity contribution in [3.8, 4) is 0 Å². The quantitative estimate of drug-likeness (QED) is 0.876. The van der Waals surface area contributed by atoms with Crippen molar-refractivity contribution >= 4 is 17.6 Å². The molecule has 1 atom stereocenters. The number of nitrogens with zero attached hydrogens (tertiary/aromatic N) is 3. The molecule has 2 saturated heterocycles. The molecule has 3 heterocycles. The number of nitrogens with two attached hydrogens (primary N) is 1. The first-order valence-corrected chi connectivity index (χ1v) is 7.45. The Morgan fingerprint density at radius 2 is 2.14 bits per heavy atom. The Hall–Kier alpha value is -2.11. The van der Waals surface area contributed by atoms with E-state index in [2.05, 4.69) is 4.98 Å². The Kier molecular flexibility index (Phi) is 3.77. The molecule has 1 aromatic rings. The molecule has 2 fully saturated rings. The number of anilines is 1. The van der Waals surface area contributed by atoms with Gasteiger partial charge in [0.1, 0.15) is 5.82 Å². The molecular weight excluding hydrogens is 268 g/mol. The van der Waals surface area contributed by atoms with Crippen molar-refractivity contribution in [1.29, 1.82) is 0 Å². The fourth-order valence-electron chi connectivity index (χ4n) is 3.16. The van der Waals surface area contributed by atoms with Crippen LogP contribution >= 0.6 is 0 Å². The molecule has 0 spiro atoms. The van der Waals surface area contributed by atoms with E-state index in [1.54, 1.807) is 12.1 Å². The highest BCUT2D eigenvalue weighted by molar-refractivity contribution is 5.94. The van der Waals surface area contributed by atoms with Crippen molar-refractivity contribution in [2.45, 2.75) is 31.7 Å². The highest BCUT2D eigenvalue weighted by Gasteiger charge is 2.32. The number of amides is 2. The molecule has 3 rings (SSSR count). The van der Waals surface area contributed by atoms with Crippen molar-refractivity contribution in [2.24, 2.45) is 0 Å². The predicted octanol–water partition coefficient (Wildman–Crippen LogP) is 0.891. The Morgan fingerprint density at radius 1 is 1.29 bits per heavy atom. The molecular formula is C15H20N4O2. The lowest BCUT2D eigenvalue weighted by atomic mass is 10.0. The summed E-state index contributed by atoms with van der Waals surface area (Å²) >= 11 is 0. The average molecular weight is 288 g/mol. The molecule has 0 saturated carbocycles. The van der Waals surface area contributed by atoms with Gasteiger partial charge in [-0.2, -0.15) is 0 Å². The highest BCUT2D eigenvalue weighted by Crippen LogP contribution is 2.22. The molecule has 2 N–H and O–H groups in total. The summed E-state index contributed by atoms with van der Waals surface area (Å²) in [6.45, 7) is 2.19. The molecule has 6 heteroatoms. The van der Waals surface area contributed by atoms with E-state index < -0.39 is 0 Å². The summed E-state index contributed by atoms with van der Waals surface area (Å²) in [5.74, 6) is 0.605. The lowest BCUT2D eigenvalue weighted by molar-refractivity contribution is -0.130. The van der Waals surface area contributed by atoms with Crippen LogP contribution in [-0.4, -0.2) is 52.3 Å². The monoisotopic (exact) mass is 288 g/mol. The SMILES string of the molecule is Nc1ccc(C(=O)N2CCC[C@H](N3CCCC3=O)C2)cn1. The number of aromatic nitrogens is 1. The fourth-order valence-corrected chi connectivity index (χ4v) is 3.16. The van der Waals surface area contributed by atoms with Crippen LogP contribution in [0.4, 0.5) is 5.82 Å². The molecule has 0 unspecified atom stereocenters. The molecule has 0 radical (unpaired) electrons. The molecule has 0 aliphatic carbocycles.